The zero-order valence-corrected chi connectivity index (χ0v) is 24.0. The number of hydrogen-bond donors (Lipinski definition) is 1. The second kappa shape index (κ2) is 12.3. The van der Waals surface area contributed by atoms with Gasteiger partial charge in [0.25, 0.3) is 15.9 Å². The first-order chi connectivity index (χ1) is 19.2. The number of anilines is 1. The number of hydrazone groups is 1. The summed E-state index contributed by atoms with van der Waals surface area (Å²) >= 11 is 6.40. The van der Waals surface area contributed by atoms with Gasteiger partial charge in [-0.3, -0.25) is 9.10 Å². The molecule has 0 aliphatic heterocycles. The first kappa shape index (κ1) is 28.7. The summed E-state index contributed by atoms with van der Waals surface area (Å²) in [5.74, 6) is 0.0526. The summed E-state index contributed by atoms with van der Waals surface area (Å²) in [7, 11) is -1.24. The van der Waals surface area contributed by atoms with Crippen LogP contribution >= 0.6 is 11.6 Å². The van der Waals surface area contributed by atoms with Gasteiger partial charge in [0.15, 0.2) is 0 Å². The van der Waals surface area contributed by atoms with Crippen LogP contribution in [0, 0.1) is 13.8 Å². The Morgan fingerprint density at radius 2 is 1.70 bits per heavy atom. The number of aromatic nitrogens is 1. The van der Waals surface area contributed by atoms with Crippen LogP contribution in [0.3, 0.4) is 0 Å². The van der Waals surface area contributed by atoms with E-state index in [-0.39, 0.29) is 16.3 Å². The maximum Gasteiger partial charge on any atom is 0.264 e. The predicted molar refractivity (Wildman–Crippen MR) is 157 cm³/mol. The van der Waals surface area contributed by atoms with E-state index < -0.39 is 22.5 Å². The van der Waals surface area contributed by atoms with Crippen molar-refractivity contribution >= 4 is 39.4 Å². The van der Waals surface area contributed by atoms with Gasteiger partial charge in [0.05, 0.1) is 41.7 Å². The molecule has 3 aromatic carbocycles. The van der Waals surface area contributed by atoms with Crippen LogP contribution in [0.5, 0.6) is 11.5 Å². The maximum atomic E-state index is 13.6. The minimum Gasteiger partial charge on any atom is -0.497 e. The van der Waals surface area contributed by atoms with Crippen molar-refractivity contribution in [1.29, 1.82) is 0 Å². The lowest BCUT2D eigenvalue weighted by molar-refractivity contribution is -0.119. The molecule has 9 nitrogen and oxygen atoms in total. The largest absolute Gasteiger partial charge is 0.497 e. The molecule has 0 radical (unpaired) electrons. The normalized spacial score (nSPS) is 11.4. The Kier molecular flexibility index (Phi) is 8.81. The smallest absolute Gasteiger partial charge is 0.264 e. The van der Waals surface area contributed by atoms with E-state index in [9.17, 15) is 13.2 Å². The predicted octanol–water partition coefficient (Wildman–Crippen LogP) is 5.11. The molecule has 1 amide bonds. The number of hydrogen-bond acceptors (Lipinski definition) is 6. The fraction of sp³-hybridized carbons (Fsp3) is 0.172. The van der Waals surface area contributed by atoms with Gasteiger partial charge in [-0.05, 0) is 56.3 Å². The molecule has 11 heteroatoms. The summed E-state index contributed by atoms with van der Waals surface area (Å²) in [5.41, 5.74) is 6.03. The highest BCUT2D eigenvalue weighted by Crippen LogP contribution is 2.35. The number of benzene rings is 3. The molecule has 0 aliphatic carbocycles. The average molecular weight is 581 g/mol. The summed E-state index contributed by atoms with van der Waals surface area (Å²) < 4.78 is 40.9. The molecule has 208 valence electrons. The van der Waals surface area contributed by atoms with Gasteiger partial charge < -0.3 is 14.0 Å². The second-order valence-electron chi connectivity index (χ2n) is 8.77. The fourth-order valence-corrected chi connectivity index (χ4v) is 5.94. The van der Waals surface area contributed by atoms with Gasteiger partial charge in [0.1, 0.15) is 18.0 Å². The molecule has 0 atom stereocenters. The number of nitrogens with zero attached hydrogens (tertiary/aromatic N) is 3. The number of carbonyl (C=O) groups is 1. The summed E-state index contributed by atoms with van der Waals surface area (Å²) in [6.07, 6.45) is 1.51. The van der Waals surface area contributed by atoms with Crippen molar-refractivity contribution in [3.05, 3.63) is 101 Å². The summed E-state index contributed by atoms with van der Waals surface area (Å²) in [5, 5.41) is 4.71. The third-order valence-corrected chi connectivity index (χ3v) is 8.32. The molecule has 0 saturated carbocycles. The Morgan fingerprint density at radius 1 is 1.00 bits per heavy atom. The van der Waals surface area contributed by atoms with Crippen molar-refractivity contribution in [2.24, 2.45) is 5.10 Å². The van der Waals surface area contributed by atoms with Crippen LogP contribution in [0.2, 0.25) is 5.02 Å². The summed E-state index contributed by atoms with van der Waals surface area (Å²) in [6.45, 7) is 3.32. The van der Waals surface area contributed by atoms with Gasteiger partial charge in [0.2, 0.25) is 0 Å². The Bertz CT molecular complexity index is 1650. The number of halogens is 1. The van der Waals surface area contributed by atoms with Gasteiger partial charge in [-0.2, -0.15) is 5.10 Å². The number of amides is 1. The number of methoxy groups -OCH3 is 2. The standard InChI is InChI=1S/C29H29ClN4O5S/c1-20-16-22(21(2)34(20)26-13-9-8-12-25(26)30)18-31-32-29(35)19-33(40(36,37)24-10-6-5-7-11-24)27-15-14-23(38-3)17-28(27)39-4/h5-18H,19H2,1-4H3,(H,32,35)/b31-18-. The van der Waals surface area contributed by atoms with E-state index in [0.717, 1.165) is 26.9 Å². The van der Waals surface area contributed by atoms with E-state index in [1.165, 1.54) is 38.6 Å². The Balaban J connectivity index is 1.60. The minimum atomic E-state index is -4.14. The molecule has 4 aromatic rings. The molecule has 4 rings (SSSR count). The molecule has 0 unspecified atom stereocenters. The van der Waals surface area contributed by atoms with Crippen molar-refractivity contribution in [3.63, 3.8) is 0 Å². The van der Waals surface area contributed by atoms with E-state index in [2.05, 4.69) is 10.5 Å². The average Bonchev–Trinajstić information content (AvgIpc) is 3.24. The summed E-state index contributed by atoms with van der Waals surface area (Å²) in [6, 6.07) is 21.9. The van der Waals surface area contributed by atoms with Crippen molar-refractivity contribution in [1.82, 2.24) is 9.99 Å². The Labute approximate surface area is 238 Å². The molecular formula is C29H29ClN4O5S. The fourth-order valence-electron chi connectivity index (χ4n) is 4.27. The summed E-state index contributed by atoms with van der Waals surface area (Å²) in [4.78, 5) is 13.0. The van der Waals surface area contributed by atoms with Crippen LogP contribution in [0.15, 0.2) is 88.9 Å². The lowest BCUT2D eigenvalue weighted by Crippen LogP contribution is -2.39. The van der Waals surface area contributed by atoms with E-state index in [1.807, 2.05) is 48.7 Å². The van der Waals surface area contributed by atoms with Crippen LogP contribution in [0.1, 0.15) is 17.0 Å². The van der Waals surface area contributed by atoms with Crippen LogP contribution < -0.4 is 19.2 Å². The van der Waals surface area contributed by atoms with Crippen molar-refractivity contribution in [3.8, 4) is 17.2 Å². The maximum absolute atomic E-state index is 13.6. The Hall–Kier alpha value is -4.28. The van der Waals surface area contributed by atoms with E-state index in [0.29, 0.717) is 10.8 Å². The highest BCUT2D eigenvalue weighted by Gasteiger charge is 2.29. The molecule has 1 N–H and O–H groups in total. The number of nitrogens with one attached hydrogen (secondary N) is 1. The molecule has 0 bridgehead atoms. The molecule has 0 spiro atoms. The number of para-hydroxylation sites is 1. The second-order valence-corrected chi connectivity index (χ2v) is 11.0. The lowest BCUT2D eigenvalue weighted by atomic mass is 10.2. The van der Waals surface area contributed by atoms with E-state index >= 15 is 0 Å². The number of rotatable bonds is 10. The Morgan fingerprint density at radius 3 is 2.38 bits per heavy atom. The molecule has 1 heterocycles. The third kappa shape index (κ3) is 5.98. The molecule has 0 aliphatic rings. The van der Waals surface area contributed by atoms with Crippen LogP contribution in [-0.4, -0.2) is 45.9 Å². The van der Waals surface area contributed by atoms with Gasteiger partial charge in [-0.15, -0.1) is 0 Å². The molecular weight excluding hydrogens is 552 g/mol. The van der Waals surface area contributed by atoms with Gasteiger partial charge in [0, 0.05) is 23.0 Å². The quantitative estimate of drug-likeness (QED) is 0.207. The minimum absolute atomic E-state index is 0.0242. The van der Waals surface area contributed by atoms with Gasteiger partial charge >= 0.3 is 0 Å². The zero-order chi connectivity index (χ0) is 28.9. The molecule has 40 heavy (non-hydrogen) atoms. The monoisotopic (exact) mass is 580 g/mol. The van der Waals surface area contributed by atoms with Crippen molar-refractivity contribution in [2.75, 3.05) is 25.1 Å². The highest BCUT2D eigenvalue weighted by molar-refractivity contribution is 7.92. The first-order valence-corrected chi connectivity index (χ1v) is 14.0. The number of sulfonamides is 1. The molecule has 1 aromatic heterocycles. The topological polar surface area (TPSA) is 102 Å². The SMILES string of the molecule is COc1ccc(N(CC(=O)N/N=C\c2cc(C)n(-c3ccccc3Cl)c2C)S(=O)(=O)c2ccccc2)c(OC)c1. The van der Waals surface area contributed by atoms with Crippen molar-refractivity contribution < 1.29 is 22.7 Å². The zero-order valence-electron chi connectivity index (χ0n) is 22.5. The van der Waals surface area contributed by atoms with Crippen LogP contribution in [0.4, 0.5) is 5.69 Å². The van der Waals surface area contributed by atoms with Gasteiger partial charge in [-0.1, -0.05) is 41.9 Å². The number of ether oxygens (including phenoxy) is 2. The lowest BCUT2D eigenvalue weighted by Gasteiger charge is -2.25. The van der Waals surface area contributed by atoms with E-state index in [1.54, 1.807) is 30.3 Å². The van der Waals surface area contributed by atoms with Gasteiger partial charge in [-0.25, -0.2) is 13.8 Å². The third-order valence-electron chi connectivity index (χ3n) is 6.23. The van der Waals surface area contributed by atoms with E-state index in [4.69, 9.17) is 21.1 Å². The number of aryl methyl sites for hydroxylation is 1. The van der Waals surface area contributed by atoms with Crippen LogP contribution in [-0.2, 0) is 14.8 Å². The number of carbonyl (C=O) groups excluding carboxylic acids is 1. The van der Waals surface area contributed by atoms with Crippen molar-refractivity contribution in [2.45, 2.75) is 18.7 Å². The highest BCUT2D eigenvalue weighted by atomic mass is 35.5. The first-order valence-electron chi connectivity index (χ1n) is 12.2. The molecule has 0 saturated heterocycles. The molecule has 0 fully saturated rings. The van der Waals surface area contributed by atoms with Crippen LogP contribution in [0.25, 0.3) is 5.69 Å².